The molecule has 0 bridgehead atoms. The molecule has 0 aliphatic carbocycles. The van der Waals surface area contributed by atoms with E-state index in [4.69, 9.17) is 16.7 Å². The predicted molar refractivity (Wildman–Crippen MR) is 115 cm³/mol. The Balaban J connectivity index is 1.76. The number of benzene rings is 3. The molecule has 6 heteroatoms. The number of nitrogens with zero attached hydrogens (tertiary/aromatic N) is 2. The van der Waals surface area contributed by atoms with Crippen molar-refractivity contribution in [2.75, 3.05) is 5.32 Å². The Morgan fingerprint density at radius 3 is 2.37 bits per heavy atom. The highest BCUT2D eigenvalue weighted by molar-refractivity contribution is 6.30. The number of para-hydroxylation sites is 1. The summed E-state index contributed by atoms with van der Waals surface area (Å²) < 4.78 is 15.3. The zero-order valence-corrected chi connectivity index (χ0v) is 16.6. The lowest BCUT2D eigenvalue weighted by atomic mass is 9.84. The van der Waals surface area contributed by atoms with Crippen LogP contribution in [0.5, 0.6) is 0 Å². The van der Waals surface area contributed by atoms with Crippen LogP contribution in [0.2, 0.25) is 5.02 Å². The Bertz CT molecular complexity index is 1220. The fourth-order valence-corrected chi connectivity index (χ4v) is 4.03. The summed E-state index contributed by atoms with van der Waals surface area (Å²) >= 11 is 6.08. The van der Waals surface area contributed by atoms with Crippen LogP contribution in [-0.2, 0) is 4.79 Å². The molecule has 1 amide bonds. The third-order valence-electron chi connectivity index (χ3n) is 5.31. The molecule has 0 fully saturated rings. The number of aromatic nitrogens is 2. The fraction of sp³-hybridized carbons (Fsp3) is 0.0833. The van der Waals surface area contributed by atoms with Crippen LogP contribution in [0.1, 0.15) is 23.5 Å². The van der Waals surface area contributed by atoms with Gasteiger partial charge in [0.25, 0.3) is 0 Å². The molecule has 0 unspecified atom stereocenters. The van der Waals surface area contributed by atoms with Gasteiger partial charge in [0, 0.05) is 28.5 Å². The largest absolute Gasteiger partial charge is 0.310 e. The highest BCUT2D eigenvalue weighted by Crippen LogP contribution is 2.44. The minimum atomic E-state index is -0.308. The van der Waals surface area contributed by atoms with E-state index in [1.54, 1.807) is 16.8 Å². The second kappa shape index (κ2) is 7.43. The molecule has 0 saturated heterocycles. The minimum Gasteiger partial charge on any atom is -0.310 e. The number of rotatable bonds is 3. The lowest BCUT2D eigenvalue weighted by Crippen LogP contribution is -2.24. The molecule has 148 valence electrons. The zero-order chi connectivity index (χ0) is 20.7. The first-order valence-electron chi connectivity index (χ1n) is 9.60. The third kappa shape index (κ3) is 3.27. The summed E-state index contributed by atoms with van der Waals surface area (Å²) in [5.74, 6) is -0.0112. The molecule has 30 heavy (non-hydrogen) atoms. The number of amides is 1. The van der Waals surface area contributed by atoms with Gasteiger partial charge >= 0.3 is 0 Å². The number of halogens is 2. The van der Waals surface area contributed by atoms with Crippen molar-refractivity contribution in [3.05, 3.63) is 101 Å². The van der Waals surface area contributed by atoms with E-state index < -0.39 is 0 Å². The molecule has 1 aliphatic rings. The Morgan fingerprint density at radius 2 is 1.67 bits per heavy atom. The highest BCUT2D eigenvalue weighted by atomic mass is 35.5. The van der Waals surface area contributed by atoms with E-state index in [2.05, 4.69) is 5.32 Å². The van der Waals surface area contributed by atoms with Crippen LogP contribution in [0.3, 0.4) is 0 Å². The Kier molecular flexibility index (Phi) is 4.60. The second-order valence-corrected chi connectivity index (χ2v) is 7.66. The van der Waals surface area contributed by atoms with Gasteiger partial charge in [-0.25, -0.2) is 9.07 Å². The molecule has 1 aromatic heterocycles. The van der Waals surface area contributed by atoms with E-state index >= 15 is 0 Å². The van der Waals surface area contributed by atoms with Gasteiger partial charge in [0.15, 0.2) is 0 Å². The minimum absolute atomic E-state index is 0.100. The Labute approximate surface area is 177 Å². The van der Waals surface area contributed by atoms with Gasteiger partial charge in [-0.15, -0.1) is 0 Å². The number of nitrogens with one attached hydrogen (secondary N) is 1. The summed E-state index contributed by atoms with van der Waals surface area (Å²) in [5, 5.41) is 8.51. The maximum Gasteiger partial charge on any atom is 0.226 e. The van der Waals surface area contributed by atoms with Crippen molar-refractivity contribution in [2.45, 2.75) is 12.3 Å². The average molecular weight is 418 g/mol. The molecule has 1 N–H and O–H groups in total. The first kappa shape index (κ1) is 18.6. The summed E-state index contributed by atoms with van der Waals surface area (Å²) in [6, 6.07) is 23.4. The van der Waals surface area contributed by atoms with Gasteiger partial charge in [-0.1, -0.05) is 54.1 Å². The van der Waals surface area contributed by atoms with Gasteiger partial charge in [-0.2, -0.15) is 5.10 Å². The molecular formula is C24H17ClFN3O. The molecule has 0 spiro atoms. The van der Waals surface area contributed by atoms with Gasteiger partial charge in [-0.05, 0) is 42.0 Å². The van der Waals surface area contributed by atoms with Crippen LogP contribution in [-0.4, -0.2) is 15.7 Å². The normalized spacial score (nSPS) is 15.5. The van der Waals surface area contributed by atoms with E-state index in [1.807, 2.05) is 54.6 Å². The first-order chi connectivity index (χ1) is 14.6. The van der Waals surface area contributed by atoms with Crippen molar-refractivity contribution >= 4 is 23.3 Å². The van der Waals surface area contributed by atoms with Crippen LogP contribution < -0.4 is 5.32 Å². The van der Waals surface area contributed by atoms with Crippen molar-refractivity contribution in [1.82, 2.24) is 9.78 Å². The predicted octanol–water partition coefficient (Wildman–Crippen LogP) is 5.81. The fourth-order valence-electron chi connectivity index (χ4n) is 3.91. The van der Waals surface area contributed by atoms with E-state index in [0.717, 1.165) is 28.1 Å². The van der Waals surface area contributed by atoms with E-state index in [9.17, 15) is 9.18 Å². The molecule has 4 nitrogen and oxygen atoms in total. The Hall–Kier alpha value is -3.44. The van der Waals surface area contributed by atoms with E-state index in [0.29, 0.717) is 10.8 Å². The average Bonchev–Trinajstić information content (AvgIpc) is 3.14. The number of carbonyl (C=O) groups excluding carboxylic acids is 1. The van der Waals surface area contributed by atoms with Crippen LogP contribution in [0, 0.1) is 5.82 Å². The number of hydrogen-bond acceptors (Lipinski definition) is 2. The quantitative estimate of drug-likeness (QED) is 0.457. The first-order valence-corrected chi connectivity index (χ1v) is 9.97. The molecule has 0 saturated carbocycles. The summed E-state index contributed by atoms with van der Waals surface area (Å²) in [7, 11) is 0. The molecular weight excluding hydrogens is 401 g/mol. The van der Waals surface area contributed by atoms with Crippen molar-refractivity contribution < 1.29 is 9.18 Å². The smallest absolute Gasteiger partial charge is 0.226 e. The van der Waals surface area contributed by atoms with Crippen molar-refractivity contribution in [3.8, 4) is 16.9 Å². The third-order valence-corrected chi connectivity index (χ3v) is 5.56. The van der Waals surface area contributed by atoms with Crippen LogP contribution in [0.4, 0.5) is 10.2 Å². The number of carbonyl (C=O) groups is 1. The maximum absolute atomic E-state index is 13.5. The molecule has 3 aromatic carbocycles. The van der Waals surface area contributed by atoms with Crippen LogP contribution >= 0.6 is 11.6 Å². The number of hydrogen-bond donors (Lipinski definition) is 1. The van der Waals surface area contributed by atoms with Gasteiger partial charge in [0.05, 0.1) is 11.4 Å². The molecule has 1 aliphatic heterocycles. The maximum atomic E-state index is 13.5. The molecule has 2 heterocycles. The van der Waals surface area contributed by atoms with Crippen LogP contribution in [0.15, 0.2) is 78.9 Å². The molecule has 1 atom stereocenters. The molecule has 4 aromatic rings. The highest BCUT2D eigenvalue weighted by Gasteiger charge is 2.34. The zero-order valence-electron chi connectivity index (χ0n) is 15.8. The van der Waals surface area contributed by atoms with E-state index in [-0.39, 0.29) is 24.1 Å². The summed E-state index contributed by atoms with van der Waals surface area (Å²) in [6.45, 7) is 0. The summed E-state index contributed by atoms with van der Waals surface area (Å²) in [6.07, 6.45) is 0.264. The number of fused-ring (bicyclic) bond motifs is 1. The lowest BCUT2D eigenvalue weighted by Gasteiger charge is -2.24. The summed E-state index contributed by atoms with van der Waals surface area (Å²) in [4.78, 5) is 12.6. The van der Waals surface area contributed by atoms with E-state index in [1.165, 1.54) is 12.1 Å². The standard InChI is InChI=1S/C24H17ClFN3O/c25-17-10-6-16(7-11-17)23-22-20(15-8-12-18(26)13-9-15)14-21(30)27-24(22)29(28-23)19-4-2-1-3-5-19/h1-13,20H,14H2,(H,27,30)/t20-/m0/s1. The van der Waals surface area contributed by atoms with Gasteiger partial charge in [0.1, 0.15) is 11.6 Å². The monoisotopic (exact) mass is 417 g/mol. The van der Waals surface area contributed by atoms with Gasteiger partial charge < -0.3 is 5.32 Å². The van der Waals surface area contributed by atoms with Crippen LogP contribution in [0.25, 0.3) is 16.9 Å². The molecule has 0 radical (unpaired) electrons. The van der Waals surface area contributed by atoms with Gasteiger partial charge in [-0.3, -0.25) is 4.79 Å². The Morgan fingerprint density at radius 1 is 0.967 bits per heavy atom. The molecule has 5 rings (SSSR count). The topological polar surface area (TPSA) is 46.9 Å². The number of anilines is 1. The SMILES string of the molecule is O=C1C[C@@H](c2ccc(F)cc2)c2c(-c3ccc(Cl)cc3)nn(-c3ccccc3)c2N1. The van der Waals surface area contributed by atoms with Gasteiger partial charge in [0.2, 0.25) is 5.91 Å². The van der Waals surface area contributed by atoms with Crippen molar-refractivity contribution in [3.63, 3.8) is 0 Å². The second-order valence-electron chi connectivity index (χ2n) is 7.22. The lowest BCUT2D eigenvalue weighted by molar-refractivity contribution is -0.116. The summed E-state index contributed by atoms with van der Waals surface area (Å²) in [5.41, 5.74) is 4.28. The van der Waals surface area contributed by atoms with Crippen molar-refractivity contribution in [1.29, 1.82) is 0 Å². The van der Waals surface area contributed by atoms with Crippen molar-refractivity contribution in [2.24, 2.45) is 0 Å².